The van der Waals surface area contributed by atoms with Gasteiger partial charge in [0.15, 0.2) is 0 Å². The number of benzene rings is 2. The van der Waals surface area contributed by atoms with E-state index in [9.17, 15) is 14.8 Å². The molecule has 1 fully saturated rings. The number of fused-ring (bicyclic) bond motifs is 1. The van der Waals surface area contributed by atoms with Crippen molar-refractivity contribution in [3.63, 3.8) is 0 Å². The molecule has 8 nitrogen and oxygen atoms in total. The number of ether oxygens (including phenoxy) is 1. The molecule has 0 saturated carbocycles. The van der Waals surface area contributed by atoms with Crippen molar-refractivity contribution < 1.29 is 19.5 Å². The highest BCUT2D eigenvalue weighted by Crippen LogP contribution is 2.31. The summed E-state index contributed by atoms with van der Waals surface area (Å²) in [5, 5.41) is 10.3. The number of aromatic nitrogens is 1. The van der Waals surface area contributed by atoms with Crippen molar-refractivity contribution in [2.45, 2.75) is 39.2 Å². The van der Waals surface area contributed by atoms with Crippen LogP contribution in [0.1, 0.15) is 42.5 Å². The zero-order valence-corrected chi connectivity index (χ0v) is 21.8. The summed E-state index contributed by atoms with van der Waals surface area (Å²) in [5.41, 5.74) is 5.48. The number of para-hydroxylation sites is 1. The number of piperazine rings is 1. The molecule has 0 bridgehead atoms. The van der Waals surface area contributed by atoms with Gasteiger partial charge >= 0.3 is 0 Å². The second-order valence-electron chi connectivity index (χ2n) is 9.80. The van der Waals surface area contributed by atoms with Crippen LogP contribution in [0.15, 0.2) is 54.6 Å². The molecule has 0 unspecified atom stereocenters. The topological polar surface area (TPSA) is 95.0 Å². The number of hydrogen-bond donors (Lipinski definition) is 2. The van der Waals surface area contributed by atoms with Crippen molar-refractivity contribution in [2.24, 2.45) is 5.92 Å². The molecule has 1 aliphatic heterocycles. The van der Waals surface area contributed by atoms with Gasteiger partial charge in [0.25, 0.3) is 0 Å². The zero-order valence-electron chi connectivity index (χ0n) is 21.8. The Morgan fingerprint density at radius 3 is 2.57 bits per heavy atom. The molecule has 2 atom stereocenters. The Bertz CT molecular complexity index is 1240. The molecular weight excluding hydrogens is 468 g/mol. The van der Waals surface area contributed by atoms with E-state index in [1.54, 1.807) is 5.48 Å². The highest BCUT2D eigenvalue weighted by molar-refractivity contribution is 5.86. The standard InChI is InChI=1S/C29H36N4O4/c1-4-21(28(34)31-36)18-26(29(35)33-14-12-32(3)13-15-33)22-8-7-9-24(17-22)37-19-23-16-20(2)30-27-11-6-5-10-25(23)27/h5-11,16-17,21,26,36H,4,12-15,18-19H2,1-3H3,(H,31,34)/t21-,26-/m0/s1. The molecule has 2 heterocycles. The molecule has 0 spiro atoms. The second kappa shape index (κ2) is 12.2. The molecule has 37 heavy (non-hydrogen) atoms. The summed E-state index contributed by atoms with van der Waals surface area (Å²) in [6.07, 6.45) is 0.829. The molecule has 0 aliphatic carbocycles. The molecule has 1 aliphatic rings. The molecule has 8 heteroatoms. The van der Waals surface area contributed by atoms with E-state index in [0.29, 0.717) is 38.3 Å². The smallest absolute Gasteiger partial charge is 0.246 e. The third kappa shape index (κ3) is 6.45. The number of amides is 2. The number of pyridine rings is 1. The lowest BCUT2D eigenvalue weighted by molar-refractivity contribution is -0.137. The largest absolute Gasteiger partial charge is 0.489 e. The summed E-state index contributed by atoms with van der Waals surface area (Å²) in [7, 11) is 2.05. The first-order valence-corrected chi connectivity index (χ1v) is 12.9. The first kappa shape index (κ1) is 26.6. The molecular formula is C29H36N4O4. The van der Waals surface area contributed by atoms with Crippen molar-refractivity contribution in [3.8, 4) is 5.75 Å². The van der Waals surface area contributed by atoms with Crippen molar-refractivity contribution >= 4 is 22.7 Å². The number of hydrogen-bond acceptors (Lipinski definition) is 6. The minimum absolute atomic E-state index is 0.00481. The fraction of sp³-hybridized carbons (Fsp3) is 0.414. The Morgan fingerprint density at radius 2 is 1.84 bits per heavy atom. The van der Waals surface area contributed by atoms with Gasteiger partial charge in [-0.1, -0.05) is 37.3 Å². The van der Waals surface area contributed by atoms with Gasteiger partial charge in [0.05, 0.1) is 11.4 Å². The molecule has 2 amide bonds. The molecule has 196 valence electrons. The Morgan fingerprint density at radius 1 is 1.08 bits per heavy atom. The average molecular weight is 505 g/mol. The first-order chi connectivity index (χ1) is 17.9. The average Bonchev–Trinajstić information content (AvgIpc) is 2.92. The number of rotatable bonds is 9. The van der Waals surface area contributed by atoms with Gasteiger partial charge in [-0.25, -0.2) is 5.48 Å². The van der Waals surface area contributed by atoms with Crippen LogP contribution < -0.4 is 10.2 Å². The summed E-state index contributed by atoms with van der Waals surface area (Å²) in [6.45, 7) is 7.16. The number of hydroxylamine groups is 1. The van der Waals surface area contributed by atoms with Crippen molar-refractivity contribution in [1.29, 1.82) is 0 Å². The maximum Gasteiger partial charge on any atom is 0.246 e. The maximum atomic E-state index is 13.7. The van der Waals surface area contributed by atoms with Crippen LogP contribution >= 0.6 is 0 Å². The summed E-state index contributed by atoms with van der Waals surface area (Å²) in [6, 6.07) is 17.6. The van der Waals surface area contributed by atoms with E-state index in [1.807, 2.05) is 80.4 Å². The van der Waals surface area contributed by atoms with Gasteiger partial charge in [-0.05, 0) is 56.6 Å². The van der Waals surface area contributed by atoms with Crippen LogP contribution in [0.4, 0.5) is 0 Å². The Kier molecular flexibility index (Phi) is 8.74. The van der Waals surface area contributed by atoms with E-state index < -0.39 is 17.7 Å². The van der Waals surface area contributed by atoms with Crippen LogP contribution in [0.5, 0.6) is 5.75 Å². The van der Waals surface area contributed by atoms with Gasteiger partial charge in [-0.3, -0.25) is 19.8 Å². The lowest BCUT2D eigenvalue weighted by atomic mass is 9.85. The van der Waals surface area contributed by atoms with Crippen molar-refractivity contribution in [1.82, 2.24) is 20.3 Å². The summed E-state index contributed by atoms with van der Waals surface area (Å²) in [5.74, 6) is -0.802. The zero-order chi connectivity index (χ0) is 26.4. The summed E-state index contributed by atoms with van der Waals surface area (Å²) >= 11 is 0. The van der Waals surface area contributed by atoms with Gasteiger partial charge in [-0.15, -0.1) is 0 Å². The number of likely N-dealkylation sites (N-methyl/N-ethyl adjacent to an activating group) is 1. The third-order valence-corrected chi connectivity index (χ3v) is 7.19. The van der Waals surface area contributed by atoms with Crippen LogP contribution in [0.2, 0.25) is 0 Å². The van der Waals surface area contributed by atoms with Crippen LogP contribution in [0.3, 0.4) is 0 Å². The number of carbonyl (C=O) groups is 2. The van der Waals surface area contributed by atoms with Gasteiger partial charge in [-0.2, -0.15) is 0 Å². The molecule has 1 aromatic heterocycles. The number of nitrogens with zero attached hydrogens (tertiary/aromatic N) is 3. The molecule has 2 N–H and O–H groups in total. The van der Waals surface area contributed by atoms with Crippen LogP contribution in [0, 0.1) is 12.8 Å². The lowest BCUT2D eigenvalue weighted by Gasteiger charge is -2.35. The molecule has 4 rings (SSSR count). The monoisotopic (exact) mass is 504 g/mol. The first-order valence-electron chi connectivity index (χ1n) is 12.9. The van der Waals surface area contributed by atoms with Crippen molar-refractivity contribution in [2.75, 3.05) is 33.2 Å². The Hall–Kier alpha value is -3.49. The van der Waals surface area contributed by atoms with Crippen LogP contribution in [-0.4, -0.2) is 65.0 Å². The SMILES string of the molecule is CC[C@@H](C[C@H](C(=O)N1CCN(C)CC1)c1cccc(OCc2cc(C)nc3ccccc23)c1)C(=O)NO. The lowest BCUT2D eigenvalue weighted by Crippen LogP contribution is -2.49. The number of carbonyl (C=O) groups excluding carboxylic acids is 2. The molecule has 3 aromatic rings. The minimum atomic E-state index is -0.516. The number of aryl methyl sites for hydroxylation is 1. The Labute approximate surface area is 218 Å². The third-order valence-electron chi connectivity index (χ3n) is 7.19. The second-order valence-corrected chi connectivity index (χ2v) is 9.80. The minimum Gasteiger partial charge on any atom is -0.489 e. The molecule has 1 saturated heterocycles. The van der Waals surface area contributed by atoms with E-state index in [1.165, 1.54) is 0 Å². The van der Waals surface area contributed by atoms with Crippen molar-refractivity contribution in [3.05, 3.63) is 71.4 Å². The Balaban J connectivity index is 1.58. The van der Waals surface area contributed by atoms with Crippen LogP contribution in [-0.2, 0) is 16.2 Å². The van der Waals surface area contributed by atoms with Gasteiger partial charge in [0.1, 0.15) is 12.4 Å². The number of nitrogens with one attached hydrogen (secondary N) is 1. The van der Waals surface area contributed by atoms with E-state index in [2.05, 4.69) is 9.88 Å². The predicted octanol–water partition coefficient (Wildman–Crippen LogP) is 3.90. The van der Waals surface area contributed by atoms with E-state index in [0.717, 1.165) is 40.8 Å². The summed E-state index contributed by atoms with van der Waals surface area (Å²) < 4.78 is 6.21. The van der Waals surface area contributed by atoms with E-state index in [4.69, 9.17) is 4.74 Å². The highest BCUT2D eigenvalue weighted by atomic mass is 16.5. The van der Waals surface area contributed by atoms with E-state index in [-0.39, 0.29) is 5.91 Å². The van der Waals surface area contributed by atoms with Gasteiger partial charge in [0, 0.05) is 48.7 Å². The highest BCUT2D eigenvalue weighted by Gasteiger charge is 2.32. The van der Waals surface area contributed by atoms with E-state index >= 15 is 0 Å². The fourth-order valence-electron chi connectivity index (χ4n) is 4.96. The van der Waals surface area contributed by atoms with Crippen LogP contribution in [0.25, 0.3) is 10.9 Å². The summed E-state index contributed by atoms with van der Waals surface area (Å²) in [4.78, 5) is 34.7. The normalized spacial score (nSPS) is 15.8. The fourth-order valence-corrected chi connectivity index (χ4v) is 4.96. The maximum absolute atomic E-state index is 13.7. The van der Waals surface area contributed by atoms with Gasteiger partial charge in [0.2, 0.25) is 11.8 Å². The predicted molar refractivity (Wildman–Crippen MR) is 142 cm³/mol. The molecule has 0 radical (unpaired) electrons. The quantitative estimate of drug-likeness (QED) is 0.339. The molecule has 2 aromatic carbocycles. The van der Waals surface area contributed by atoms with Gasteiger partial charge < -0.3 is 14.5 Å².